The van der Waals surface area contributed by atoms with Crippen molar-refractivity contribution in [3.63, 3.8) is 0 Å². The number of amides is 1. The van der Waals surface area contributed by atoms with Crippen molar-refractivity contribution in [2.24, 2.45) is 12.8 Å². The Hall–Kier alpha value is -1.50. The fourth-order valence-corrected chi connectivity index (χ4v) is 0.782. The van der Waals surface area contributed by atoms with Crippen LogP contribution in [0.1, 0.15) is 0 Å². The number of alkyl halides is 2. The average Bonchev–Trinajstić information content (AvgIpc) is 2.51. The Kier molecular flexibility index (Phi) is 2.80. The van der Waals surface area contributed by atoms with Crippen LogP contribution in [0.4, 0.5) is 14.6 Å². The number of nitrogens with two attached hydrogens (primary N) is 1. The number of carbonyl (C=O) groups excluding carboxylic acids is 1. The predicted octanol–water partition coefficient (Wildman–Crippen LogP) is -0.0474. The molecule has 0 saturated heterocycles. The monoisotopic (exact) mass is 204 g/mol. The molecule has 0 bridgehead atoms. The maximum Gasteiger partial charge on any atom is 0.336 e. The fourth-order valence-electron chi connectivity index (χ4n) is 0.782. The first-order valence-electron chi connectivity index (χ1n) is 3.84. The minimum atomic E-state index is -3.56. The van der Waals surface area contributed by atoms with Crippen LogP contribution in [-0.4, -0.2) is 28.2 Å². The summed E-state index contributed by atoms with van der Waals surface area (Å²) in [5.41, 5.74) is 4.73. The van der Waals surface area contributed by atoms with Crippen LogP contribution >= 0.6 is 0 Å². The number of hydrogen-bond donors (Lipinski definition) is 2. The van der Waals surface area contributed by atoms with Crippen LogP contribution in [-0.2, 0) is 11.8 Å². The first-order valence-corrected chi connectivity index (χ1v) is 3.84. The molecule has 0 saturated carbocycles. The third-order valence-electron chi connectivity index (χ3n) is 1.54. The van der Waals surface area contributed by atoms with E-state index in [0.717, 1.165) is 0 Å². The van der Waals surface area contributed by atoms with Gasteiger partial charge in [-0.3, -0.25) is 9.48 Å². The minimum absolute atomic E-state index is 0.0747. The first kappa shape index (κ1) is 10.6. The smallest absolute Gasteiger partial charge is 0.325 e. The summed E-state index contributed by atoms with van der Waals surface area (Å²) in [6, 6.07) is 1.41. The van der Waals surface area contributed by atoms with Gasteiger partial charge in [-0.25, -0.2) is 0 Å². The zero-order valence-electron chi connectivity index (χ0n) is 7.50. The molecule has 0 aliphatic carbocycles. The summed E-state index contributed by atoms with van der Waals surface area (Å²) in [5.74, 6) is -4.93. The van der Waals surface area contributed by atoms with Crippen molar-refractivity contribution in [1.29, 1.82) is 0 Å². The van der Waals surface area contributed by atoms with E-state index < -0.39 is 18.4 Å². The van der Waals surface area contributed by atoms with Crippen molar-refractivity contribution >= 4 is 11.7 Å². The zero-order chi connectivity index (χ0) is 10.8. The van der Waals surface area contributed by atoms with Gasteiger partial charge >= 0.3 is 5.92 Å². The Morgan fingerprint density at radius 2 is 2.43 bits per heavy atom. The van der Waals surface area contributed by atoms with Crippen LogP contribution in [0.5, 0.6) is 0 Å². The Morgan fingerprint density at radius 3 is 2.86 bits per heavy atom. The molecule has 0 fully saturated rings. The molecule has 0 aliphatic rings. The fraction of sp³-hybridized carbons (Fsp3) is 0.429. The summed E-state index contributed by atoms with van der Waals surface area (Å²) in [6.07, 6.45) is 1.52. The number of anilines is 1. The molecule has 0 spiro atoms. The van der Waals surface area contributed by atoms with E-state index in [1.165, 1.54) is 16.9 Å². The van der Waals surface area contributed by atoms with E-state index >= 15 is 0 Å². The number of halogens is 2. The summed E-state index contributed by atoms with van der Waals surface area (Å²) >= 11 is 0. The molecule has 0 radical (unpaired) electrons. The van der Waals surface area contributed by atoms with Gasteiger partial charge in [0.1, 0.15) is 0 Å². The van der Waals surface area contributed by atoms with E-state index in [1.807, 2.05) is 5.32 Å². The van der Waals surface area contributed by atoms with Gasteiger partial charge in [0, 0.05) is 19.3 Å². The van der Waals surface area contributed by atoms with Gasteiger partial charge in [0.25, 0.3) is 5.91 Å². The average molecular weight is 204 g/mol. The van der Waals surface area contributed by atoms with E-state index in [0.29, 0.717) is 0 Å². The lowest BCUT2D eigenvalue weighted by atomic mass is 10.3. The third-order valence-corrected chi connectivity index (χ3v) is 1.54. The number of nitrogens with zero attached hydrogens (tertiary/aromatic N) is 2. The molecule has 3 N–H and O–H groups in total. The molecular formula is C7H10F2N4O. The van der Waals surface area contributed by atoms with E-state index in [1.54, 1.807) is 7.05 Å². The number of rotatable bonds is 3. The number of hydrogen-bond acceptors (Lipinski definition) is 3. The van der Waals surface area contributed by atoms with Gasteiger partial charge in [-0.1, -0.05) is 0 Å². The molecule has 14 heavy (non-hydrogen) atoms. The summed E-state index contributed by atoms with van der Waals surface area (Å²) < 4.78 is 26.7. The molecule has 78 valence electrons. The van der Waals surface area contributed by atoms with Crippen molar-refractivity contribution in [2.45, 2.75) is 5.92 Å². The van der Waals surface area contributed by atoms with Gasteiger partial charge < -0.3 is 11.1 Å². The Balaban J connectivity index is 2.66. The highest BCUT2D eigenvalue weighted by atomic mass is 19.3. The second kappa shape index (κ2) is 3.70. The van der Waals surface area contributed by atoms with Crippen LogP contribution in [0.3, 0.4) is 0 Å². The summed E-state index contributed by atoms with van der Waals surface area (Å²) in [5, 5.41) is 5.66. The van der Waals surface area contributed by atoms with Crippen LogP contribution in [0.25, 0.3) is 0 Å². The van der Waals surface area contributed by atoms with E-state index in [-0.39, 0.29) is 5.82 Å². The maximum atomic E-state index is 12.7. The maximum absolute atomic E-state index is 12.7. The molecule has 0 unspecified atom stereocenters. The van der Waals surface area contributed by atoms with Crippen LogP contribution in [0.2, 0.25) is 0 Å². The van der Waals surface area contributed by atoms with Gasteiger partial charge in [-0.2, -0.15) is 13.9 Å². The molecule has 7 heteroatoms. The molecule has 5 nitrogen and oxygen atoms in total. The van der Waals surface area contributed by atoms with Crippen molar-refractivity contribution < 1.29 is 13.6 Å². The topological polar surface area (TPSA) is 72.9 Å². The van der Waals surface area contributed by atoms with Gasteiger partial charge in [0.2, 0.25) is 0 Å². The number of carbonyl (C=O) groups is 1. The molecule has 0 aromatic carbocycles. The lowest BCUT2D eigenvalue weighted by Gasteiger charge is -2.11. The zero-order valence-corrected chi connectivity index (χ0v) is 7.50. The SMILES string of the molecule is Cn1ccc(NC(=O)C(F)(F)CN)n1. The third kappa shape index (κ3) is 2.25. The standard InChI is InChI=1S/C7H10F2N4O/c1-13-3-2-5(12-13)11-6(14)7(8,9)4-10/h2-3H,4,10H2,1H3,(H,11,12,14). The quantitative estimate of drug-likeness (QED) is 0.725. The number of aromatic nitrogens is 2. The lowest BCUT2D eigenvalue weighted by Crippen LogP contribution is -2.41. The van der Waals surface area contributed by atoms with Crippen molar-refractivity contribution in [3.8, 4) is 0 Å². The Morgan fingerprint density at radius 1 is 1.79 bits per heavy atom. The second-order valence-corrected chi connectivity index (χ2v) is 2.74. The summed E-state index contributed by atoms with van der Waals surface area (Å²) in [6.45, 7) is -1.02. The van der Waals surface area contributed by atoms with Crippen molar-refractivity contribution in [2.75, 3.05) is 11.9 Å². The van der Waals surface area contributed by atoms with Gasteiger partial charge in [-0.05, 0) is 0 Å². The van der Waals surface area contributed by atoms with E-state index in [9.17, 15) is 13.6 Å². The normalized spacial score (nSPS) is 11.4. The van der Waals surface area contributed by atoms with Gasteiger partial charge in [-0.15, -0.1) is 0 Å². The molecule has 0 atom stereocenters. The molecule has 1 amide bonds. The molecule has 1 rings (SSSR count). The second-order valence-electron chi connectivity index (χ2n) is 2.74. The molecule has 0 aliphatic heterocycles. The molecular weight excluding hydrogens is 194 g/mol. The highest BCUT2D eigenvalue weighted by Gasteiger charge is 2.37. The largest absolute Gasteiger partial charge is 0.336 e. The van der Waals surface area contributed by atoms with Crippen molar-refractivity contribution in [1.82, 2.24) is 9.78 Å². The van der Waals surface area contributed by atoms with E-state index in [2.05, 4.69) is 5.10 Å². The lowest BCUT2D eigenvalue weighted by molar-refractivity contribution is -0.138. The van der Waals surface area contributed by atoms with Crippen LogP contribution < -0.4 is 11.1 Å². The van der Waals surface area contributed by atoms with Gasteiger partial charge in [0.15, 0.2) is 5.82 Å². The van der Waals surface area contributed by atoms with Crippen LogP contribution in [0, 0.1) is 0 Å². The van der Waals surface area contributed by atoms with Crippen LogP contribution in [0.15, 0.2) is 12.3 Å². The minimum Gasteiger partial charge on any atom is -0.325 e. The highest BCUT2D eigenvalue weighted by molar-refractivity contribution is 5.95. The molecule has 1 heterocycles. The summed E-state index contributed by atoms with van der Waals surface area (Å²) in [4.78, 5) is 10.9. The Bertz CT molecular complexity index is 336. The van der Waals surface area contributed by atoms with Gasteiger partial charge in [0.05, 0.1) is 6.54 Å². The Labute approximate surface area is 78.9 Å². The number of aryl methyl sites for hydroxylation is 1. The highest BCUT2D eigenvalue weighted by Crippen LogP contribution is 2.14. The van der Waals surface area contributed by atoms with Crippen molar-refractivity contribution in [3.05, 3.63) is 12.3 Å². The summed E-state index contributed by atoms with van der Waals surface area (Å²) in [7, 11) is 1.61. The first-order chi connectivity index (χ1) is 6.45. The molecule has 1 aromatic rings. The number of nitrogens with one attached hydrogen (secondary N) is 1. The van der Waals surface area contributed by atoms with E-state index in [4.69, 9.17) is 5.73 Å². The molecule has 1 aromatic heterocycles. The predicted molar refractivity (Wildman–Crippen MR) is 45.8 cm³/mol.